The molecule has 2 aromatic rings. The maximum atomic E-state index is 12.2. The lowest BCUT2D eigenvalue weighted by molar-refractivity contribution is 0.0655. The van der Waals surface area contributed by atoms with Gasteiger partial charge in [-0.1, -0.05) is 12.1 Å². The summed E-state index contributed by atoms with van der Waals surface area (Å²) in [5.41, 5.74) is 1.96. The number of thioether (sulfide) groups is 1. The fourth-order valence-corrected chi connectivity index (χ4v) is 3.53. The van der Waals surface area contributed by atoms with E-state index in [1.165, 1.54) is 4.90 Å². The van der Waals surface area contributed by atoms with Crippen LogP contribution in [0.25, 0.3) is 0 Å². The molecule has 3 rings (SSSR count). The second-order valence-corrected chi connectivity index (χ2v) is 6.52. The lowest BCUT2D eigenvalue weighted by Gasteiger charge is -2.13. The molecule has 1 aromatic heterocycles. The molecule has 0 radical (unpaired) electrons. The van der Waals surface area contributed by atoms with Gasteiger partial charge in [-0.3, -0.25) is 14.5 Å². The third-order valence-corrected chi connectivity index (χ3v) is 4.59. The normalized spacial score (nSPS) is 13.6. The SMILES string of the molecule is Cc1cc(SCCCN2C(=O)c3ccccc3C2=O)nc(C)n1. The Balaban J connectivity index is 1.56. The first-order valence-electron chi connectivity index (χ1n) is 7.46. The van der Waals surface area contributed by atoms with Crippen LogP contribution < -0.4 is 0 Å². The van der Waals surface area contributed by atoms with Gasteiger partial charge < -0.3 is 0 Å². The summed E-state index contributed by atoms with van der Waals surface area (Å²) in [6.07, 6.45) is 0.734. The molecular formula is C17H17N3O2S. The molecule has 0 spiro atoms. The maximum absolute atomic E-state index is 12.2. The number of rotatable bonds is 5. The van der Waals surface area contributed by atoms with Crippen LogP contribution in [0.5, 0.6) is 0 Å². The van der Waals surface area contributed by atoms with Gasteiger partial charge in [-0.25, -0.2) is 9.97 Å². The molecule has 23 heavy (non-hydrogen) atoms. The van der Waals surface area contributed by atoms with Gasteiger partial charge in [0.15, 0.2) is 0 Å². The highest BCUT2D eigenvalue weighted by molar-refractivity contribution is 7.99. The third-order valence-electron chi connectivity index (χ3n) is 3.60. The summed E-state index contributed by atoms with van der Waals surface area (Å²) in [4.78, 5) is 34.4. The van der Waals surface area contributed by atoms with Gasteiger partial charge in [-0.2, -0.15) is 0 Å². The standard InChI is InChI=1S/C17H17N3O2S/c1-11-10-15(19-12(2)18-11)23-9-5-8-20-16(21)13-6-3-4-7-14(13)17(20)22/h3-4,6-7,10H,5,8-9H2,1-2H3. The molecule has 5 nitrogen and oxygen atoms in total. The van der Waals surface area contributed by atoms with Gasteiger partial charge in [0.2, 0.25) is 0 Å². The van der Waals surface area contributed by atoms with Crippen molar-refractivity contribution < 1.29 is 9.59 Å². The molecule has 6 heteroatoms. The summed E-state index contributed by atoms with van der Waals surface area (Å²) in [6, 6.07) is 8.92. The number of benzene rings is 1. The van der Waals surface area contributed by atoms with Crippen molar-refractivity contribution in [3.63, 3.8) is 0 Å². The smallest absolute Gasteiger partial charge is 0.261 e. The summed E-state index contributed by atoms with van der Waals surface area (Å²) in [5, 5.41) is 0.928. The summed E-state index contributed by atoms with van der Waals surface area (Å²) < 4.78 is 0. The van der Waals surface area contributed by atoms with Gasteiger partial charge in [-0.15, -0.1) is 11.8 Å². The van der Waals surface area contributed by atoms with Crippen molar-refractivity contribution in [2.45, 2.75) is 25.3 Å². The molecule has 0 saturated carbocycles. The second-order valence-electron chi connectivity index (χ2n) is 5.40. The average Bonchev–Trinajstić information content (AvgIpc) is 2.75. The van der Waals surface area contributed by atoms with Crippen LogP contribution in [0, 0.1) is 13.8 Å². The fourth-order valence-electron chi connectivity index (χ4n) is 2.60. The van der Waals surface area contributed by atoms with E-state index in [-0.39, 0.29) is 11.8 Å². The first kappa shape index (κ1) is 15.7. The molecule has 0 saturated heterocycles. The Bertz CT molecular complexity index is 721. The summed E-state index contributed by atoms with van der Waals surface area (Å²) >= 11 is 1.62. The minimum Gasteiger partial charge on any atom is -0.274 e. The van der Waals surface area contributed by atoms with Crippen molar-refractivity contribution in [2.75, 3.05) is 12.3 Å². The van der Waals surface area contributed by atoms with Gasteiger partial charge in [0.1, 0.15) is 5.82 Å². The van der Waals surface area contributed by atoms with Crippen molar-refractivity contribution in [3.8, 4) is 0 Å². The van der Waals surface area contributed by atoms with E-state index in [1.807, 2.05) is 19.9 Å². The highest BCUT2D eigenvalue weighted by atomic mass is 32.2. The van der Waals surface area contributed by atoms with E-state index in [1.54, 1.807) is 36.0 Å². The van der Waals surface area contributed by atoms with Gasteiger partial charge in [0, 0.05) is 18.0 Å². The molecule has 1 aliphatic rings. The number of fused-ring (bicyclic) bond motifs is 1. The highest BCUT2D eigenvalue weighted by Gasteiger charge is 2.34. The lowest BCUT2D eigenvalue weighted by atomic mass is 10.1. The van der Waals surface area contributed by atoms with Gasteiger partial charge >= 0.3 is 0 Å². The predicted octanol–water partition coefficient (Wildman–Crippen LogP) is 2.87. The van der Waals surface area contributed by atoms with Crippen LogP contribution >= 0.6 is 11.8 Å². The monoisotopic (exact) mass is 327 g/mol. The summed E-state index contributed by atoms with van der Waals surface area (Å²) in [5.74, 6) is 1.17. The summed E-state index contributed by atoms with van der Waals surface area (Å²) in [6.45, 7) is 4.25. The van der Waals surface area contributed by atoms with Crippen LogP contribution in [-0.2, 0) is 0 Å². The first-order chi connectivity index (χ1) is 11.1. The number of amides is 2. The number of aryl methyl sites for hydroxylation is 2. The number of carbonyl (C=O) groups is 2. The maximum Gasteiger partial charge on any atom is 0.261 e. The van der Waals surface area contributed by atoms with Crippen molar-refractivity contribution in [1.29, 1.82) is 0 Å². The molecule has 118 valence electrons. The molecular weight excluding hydrogens is 310 g/mol. The van der Waals surface area contributed by atoms with E-state index >= 15 is 0 Å². The van der Waals surface area contributed by atoms with Crippen molar-refractivity contribution >= 4 is 23.6 Å². The third kappa shape index (κ3) is 3.27. The fraction of sp³-hybridized carbons (Fsp3) is 0.294. The molecule has 0 N–H and O–H groups in total. The highest BCUT2D eigenvalue weighted by Crippen LogP contribution is 2.23. The van der Waals surface area contributed by atoms with E-state index in [4.69, 9.17) is 0 Å². The molecule has 0 bridgehead atoms. The Labute approximate surface area is 139 Å². The number of aromatic nitrogens is 2. The van der Waals surface area contributed by atoms with Crippen LogP contribution in [0.4, 0.5) is 0 Å². The minimum atomic E-state index is -0.190. The van der Waals surface area contributed by atoms with Gasteiger partial charge in [0.05, 0.1) is 16.2 Å². The first-order valence-corrected chi connectivity index (χ1v) is 8.45. The zero-order valence-corrected chi connectivity index (χ0v) is 13.9. The van der Waals surface area contributed by atoms with Crippen molar-refractivity contribution in [2.24, 2.45) is 0 Å². The van der Waals surface area contributed by atoms with Crippen molar-refractivity contribution in [3.05, 3.63) is 53.0 Å². The summed E-state index contributed by atoms with van der Waals surface area (Å²) in [7, 11) is 0. The number of hydrogen-bond acceptors (Lipinski definition) is 5. The van der Waals surface area contributed by atoms with E-state index in [2.05, 4.69) is 9.97 Å². The zero-order valence-electron chi connectivity index (χ0n) is 13.1. The number of imide groups is 1. The second kappa shape index (κ2) is 6.50. The molecule has 0 fully saturated rings. The van der Waals surface area contributed by atoms with Gasteiger partial charge in [-0.05, 0) is 38.5 Å². The predicted molar refractivity (Wildman–Crippen MR) is 88.7 cm³/mol. The van der Waals surface area contributed by atoms with E-state index in [9.17, 15) is 9.59 Å². The largest absolute Gasteiger partial charge is 0.274 e. The molecule has 0 atom stereocenters. The minimum absolute atomic E-state index is 0.190. The Hall–Kier alpha value is -2.21. The molecule has 1 aliphatic heterocycles. The van der Waals surface area contributed by atoms with E-state index in [0.717, 1.165) is 28.7 Å². The van der Waals surface area contributed by atoms with Crippen LogP contribution in [0.2, 0.25) is 0 Å². The Morgan fingerprint density at radius 1 is 1.04 bits per heavy atom. The zero-order chi connectivity index (χ0) is 16.4. The molecule has 0 unspecified atom stereocenters. The quantitative estimate of drug-likeness (QED) is 0.366. The topological polar surface area (TPSA) is 63.2 Å². The number of carbonyl (C=O) groups excluding carboxylic acids is 2. The number of hydrogen-bond donors (Lipinski definition) is 0. The van der Waals surface area contributed by atoms with E-state index in [0.29, 0.717) is 17.7 Å². The van der Waals surface area contributed by atoms with Crippen LogP contribution in [-0.4, -0.2) is 39.0 Å². The molecule has 2 amide bonds. The Kier molecular flexibility index (Phi) is 4.43. The van der Waals surface area contributed by atoms with Crippen LogP contribution in [0.1, 0.15) is 38.7 Å². The van der Waals surface area contributed by atoms with Crippen molar-refractivity contribution in [1.82, 2.24) is 14.9 Å². The number of nitrogens with zero attached hydrogens (tertiary/aromatic N) is 3. The van der Waals surface area contributed by atoms with E-state index < -0.39 is 0 Å². The van der Waals surface area contributed by atoms with Crippen LogP contribution in [0.3, 0.4) is 0 Å². The Morgan fingerprint density at radius 3 is 2.30 bits per heavy atom. The molecule has 2 heterocycles. The molecule has 1 aromatic carbocycles. The Morgan fingerprint density at radius 2 is 1.70 bits per heavy atom. The van der Waals surface area contributed by atoms with Gasteiger partial charge in [0.25, 0.3) is 11.8 Å². The average molecular weight is 327 g/mol. The molecule has 0 aliphatic carbocycles. The lowest BCUT2D eigenvalue weighted by Crippen LogP contribution is -2.31. The van der Waals surface area contributed by atoms with Crippen LogP contribution in [0.15, 0.2) is 35.4 Å².